The fourth-order valence-corrected chi connectivity index (χ4v) is 7.25. The highest BCUT2D eigenvalue weighted by molar-refractivity contribution is 9.09. The number of hydrogen-bond donors (Lipinski definition) is 0. The van der Waals surface area contributed by atoms with Crippen molar-refractivity contribution in [3.05, 3.63) is 27.8 Å². The Morgan fingerprint density at radius 3 is 2.44 bits per heavy atom. The molecule has 0 spiro atoms. The van der Waals surface area contributed by atoms with Gasteiger partial charge in [0.15, 0.2) is 0 Å². The lowest BCUT2D eigenvalue weighted by atomic mass is 10.1. The summed E-state index contributed by atoms with van der Waals surface area (Å²) in [5, 5.41) is 12.4. The van der Waals surface area contributed by atoms with Gasteiger partial charge in [-0.2, -0.15) is 0 Å². The summed E-state index contributed by atoms with van der Waals surface area (Å²) in [6, 6.07) is 2.78. The van der Waals surface area contributed by atoms with Gasteiger partial charge in [0.1, 0.15) is 4.99 Å². The third-order valence-corrected chi connectivity index (χ3v) is 8.57. The summed E-state index contributed by atoms with van der Waals surface area (Å²) in [4.78, 5) is 15.9. The molecule has 1 aliphatic rings. The SMILES string of the molecule is C#Cc1cc([N+](=O)[O-])cc2c1N(CCBr)C(CBr)=S2(=O)N(C)CCN(C)C. The average Bonchev–Trinajstić information content (AvgIpc) is 2.88. The molecule has 1 atom stereocenters. The van der Waals surface area contributed by atoms with Gasteiger partial charge in [0.2, 0.25) is 0 Å². The summed E-state index contributed by atoms with van der Waals surface area (Å²) in [5.41, 5.74) is 0.855. The second kappa shape index (κ2) is 8.92. The third-order valence-electron chi connectivity index (χ3n) is 4.34. The first-order valence-corrected chi connectivity index (χ1v) is 11.9. The van der Waals surface area contributed by atoms with Gasteiger partial charge in [-0.3, -0.25) is 10.1 Å². The zero-order chi connectivity index (χ0) is 20.4. The number of alkyl halides is 2. The van der Waals surface area contributed by atoms with Crippen molar-refractivity contribution in [1.29, 1.82) is 0 Å². The second-order valence-corrected chi connectivity index (χ2v) is 10.2. The van der Waals surface area contributed by atoms with Crippen molar-refractivity contribution in [2.24, 2.45) is 0 Å². The standard InChI is InChI=1S/C17H22Br2N4O3S/c1-5-13-10-14(23(24)25)11-15-17(13)22(7-6-18)16(12-19)27(15,26)21(4)9-8-20(2)3/h1,10-11H,6-9,12H2,2-4H3. The number of nitrogens with zero attached hydrogens (tertiary/aromatic N) is 4. The van der Waals surface area contributed by atoms with E-state index in [1.807, 2.05) is 23.9 Å². The van der Waals surface area contributed by atoms with Gasteiger partial charge in [0, 0.05) is 37.1 Å². The number of anilines is 1. The molecule has 1 unspecified atom stereocenters. The minimum Gasteiger partial charge on any atom is -0.333 e. The molecule has 2 rings (SSSR count). The summed E-state index contributed by atoms with van der Waals surface area (Å²) < 4.78 is 16.1. The fraction of sp³-hybridized carbons (Fsp3) is 0.471. The highest BCUT2D eigenvalue weighted by Gasteiger charge is 2.39. The first-order chi connectivity index (χ1) is 12.7. The lowest BCUT2D eigenvalue weighted by Gasteiger charge is -2.25. The molecule has 0 fully saturated rings. The minimum absolute atomic E-state index is 0.148. The minimum atomic E-state index is -2.86. The van der Waals surface area contributed by atoms with Crippen LogP contribution < -0.4 is 4.90 Å². The fourth-order valence-electron chi connectivity index (χ4n) is 2.98. The van der Waals surface area contributed by atoms with Crippen LogP contribution in [-0.4, -0.2) is 74.8 Å². The van der Waals surface area contributed by atoms with E-state index in [2.05, 4.69) is 37.8 Å². The lowest BCUT2D eigenvalue weighted by molar-refractivity contribution is -0.385. The van der Waals surface area contributed by atoms with Crippen molar-refractivity contribution in [2.45, 2.75) is 4.90 Å². The van der Waals surface area contributed by atoms with E-state index in [9.17, 15) is 14.3 Å². The molecule has 0 saturated heterocycles. The Kier molecular flexibility index (Phi) is 7.33. The van der Waals surface area contributed by atoms with E-state index in [1.54, 1.807) is 11.4 Å². The Balaban J connectivity index is 2.80. The van der Waals surface area contributed by atoms with Gasteiger partial charge in [-0.1, -0.05) is 37.8 Å². The van der Waals surface area contributed by atoms with Gasteiger partial charge in [-0.05, 0) is 21.1 Å². The number of halogens is 2. The molecule has 1 aromatic carbocycles. The maximum atomic E-state index is 14.3. The third kappa shape index (κ3) is 4.03. The molecule has 0 N–H and O–H groups in total. The topological polar surface area (TPSA) is 69.9 Å². The van der Waals surface area contributed by atoms with Crippen LogP contribution in [0.1, 0.15) is 5.56 Å². The molecule has 27 heavy (non-hydrogen) atoms. The van der Waals surface area contributed by atoms with Crippen molar-refractivity contribution < 1.29 is 9.13 Å². The molecule has 0 aromatic heterocycles. The zero-order valence-corrected chi connectivity index (χ0v) is 19.4. The molecule has 148 valence electrons. The van der Waals surface area contributed by atoms with Crippen LogP contribution in [0.4, 0.5) is 11.4 Å². The number of non-ortho nitro benzene ring substituents is 1. The Labute approximate surface area is 177 Å². The normalized spacial score (nSPS) is 18.9. The van der Waals surface area contributed by atoms with Gasteiger partial charge in [-0.15, -0.1) is 6.42 Å². The van der Waals surface area contributed by atoms with E-state index in [0.29, 0.717) is 51.4 Å². The smallest absolute Gasteiger partial charge is 0.272 e. The van der Waals surface area contributed by atoms with Crippen LogP contribution in [0.25, 0.3) is 0 Å². The van der Waals surface area contributed by atoms with Crippen molar-refractivity contribution in [3.63, 3.8) is 0 Å². The predicted molar refractivity (Wildman–Crippen MR) is 119 cm³/mol. The van der Waals surface area contributed by atoms with Crippen molar-refractivity contribution >= 4 is 57.9 Å². The van der Waals surface area contributed by atoms with E-state index in [-0.39, 0.29) is 5.69 Å². The highest BCUT2D eigenvalue weighted by Crippen LogP contribution is 2.41. The Hall–Kier alpha value is -1.12. The molecular weight excluding hydrogens is 500 g/mol. The van der Waals surface area contributed by atoms with E-state index >= 15 is 0 Å². The first-order valence-electron chi connectivity index (χ1n) is 8.17. The van der Waals surface area contributed by atoms with Gasteiger partial charge in [-0.25, -0.2) is 8.51 Å². The summed E-state index contributed by atoms with van der Waals surface area (Å²) in [6.45, 7) is 1.80. The molecule has 0 amide bonds. The molecule has 0 saturated carbocycles. The number of terminal acetylenes is 1. The van der Waals surface area contributed by atoms with Crippen LogP contribution in [0.15, 0.2) is 17.0 Å². The van der Waals surface area contributed by atoms with Crippen molar-refractivity contribution in [1.82, 2.24) is 9.21 Å². The van der Waals surface area contributed by atoms with Crippen LogP contribution in [0.2, 0.25) is 0 Å². The molecule has 7 nitrogen and oxygen atoms in total. The molecule has 0 bridgehead atoms. The molecule has 10 heteroatoms. The molecular formula is C17H22Br2N4O3S. The molecule has 1 heterocycles. The van der Waals surface area contributed by atoms with Crippen LogP contribution in [0.5, 0.6) is 0 Å². The Bertz CT molecular complexity index is 904. The monoisotopic (exact) mass is 520 g/mol. The number of fused-ring (bicyclic) bond motifs is 1. The second-order valence-electron chi connectivity index (χ2n) is 6.29. The number of rotatable bonds is 8. The largest absolute Gasteiger partial charge is 0.333 e. The molecule has 0 radical (unpaired) electrons. The van der Waals surface area contributed by atoms with E-state index in [4.69, 9.17) is 6.42 Å². The van der Waals surface area contributed by atoms with E-state index in [0.717, 1.165) is 0 Å². The number of likely N-dealkylation sites (N-methyl/N-ethyl adjacent to an activating group) is 2. The van der Waals surface area contributed by atoms with Crippen molar-refractivity contribution in [3.8, 4) is 12.3 Å². The van der Waals surface area contributed by atoms with Crippen molar-refractivity contribution in [2.75, 3.05) is 56.3 Å². The van der Waals surface area contributed by atoms with Crippen LogP contribution in [0.3, 0.4) is 0 Å². The van der Waals surface area contributed by atoms with Gasteiger partial charge < -0.3 is 9.80 Å². The number of nitro benzene ring substituents is 1. The summed E-state index contributed by atoms with van der Waals surface area (Å²) >= 11 is 6.90. The Morgan fingerprint density at radius 2 is 1.96 bits per heavy atom. The summed E-state index contributed by atoms with van der Waals surface area (Å²) in [7, 11) is 2.81. The maximum Gasteiger partial charge on any atom is 0.272 e. The lowest BCUT2D eigenvalue weighted by Crippen LogP contribution is -2.40. The summed E-state index contributed by atoms with van der Waals surface area (Å²) in [5.74, 6) is 2.54. The van der Waals surface area contributed by atoms with E-state index in [1.165, 1.54) is 12.1 Å². The maximum absolute atomic E-state index is 14.3. The zero-order valence-electron chi connectivity index (χ0n) is 15.4. The van der Waals surface area contributed by atoms with Gasteiger partial charge in [0.25, 0.3) is 5.69 Å². The first kappa shape index (κ1) is 22.2. The van der Waals surface area contributed by atoms with Gasteiger partial charge >= 0.3 is 0 Å². The van der Waals surface area contributed by atoms with Crippen LogP contribution >= 0.6 is 31.9 Å². The van der Waals surface area contributed by atoms with Crippen LogP contribution in [0, 0.1) is 22.5 Å². The number of benzene rings is 1. The summed E-state index contributed by atoms with van der Waals surface area (Å²) in [6.07, 6.45) is 5.66. The number of nitro groups is 1. The predicted octanol–water partition coefficient (Wildman–Crippen LogP) is 2.37. The van der Waals surface area contributed by atoms with Crippen LogP contribution in [-0.2, 0) is 9.71 Å². The highest BCUT2D eigenvalue weighted by atomic mass is 79.9. The average molecular weight is 522 g/mol. The molecule has 1 aliphatic heterocycles. The molecule has 1 aromatic rings. The quantitative estimate of drug-likeness (QED) is 0.173. The number of hydrogen-bond acceptors (Lipinski definition) is 5. The van der Waals surface area contributed by atoms with E-state index < -0.39 is 14.6 Å². The molecule has 0 aliphatic carbocycles. The Morgan fingerprint density at radius 1 is 1.30 bits per heavy atom. The van der Waals surface area contributed by atoms with Gasteiger partial charge in [0.05, 0.1) is 36.1 Å².